The lowest BCUT2D eigenvalue weighted by Gasteiger charge is -2.22. The summed E-state index contributed by atoms with van der Waals surface area (Å²) in [5, 5.41) is 1.49. The number of aryl methyl sites for hydroxylation is 1. The van der Waals surface area contributed by atoms with Crippen LogP contribution in [0.5, 0.6) is 0 Å². The van der Waals surface area contributed by atoms with Gasteiger partial charge in [0.1, 0.15) is 5.15 Å². The van der Waals surface area contributed by atoms with Crippen molar-refractivity contribution in [1.82, 2.24) is 9.88 Å². The Balaban J connectivity index is 1.91. The largest absolute Gasteiger partial charge is 0.334 e. The molecule has 1 amide bonds. The molecule has 0 saturated heterocycles. The number of nitrogens with zero attached hydrogens (tertiary/aromatic N) is 2. The number of halogens is 1. The first-order valence-electron chi connectivity index (χ1n) is 7.89. The van der Waals surface area contributed by atoms with Crippen LogP contribution >= 0.6 is 11.6 Å². The van der Waals surface area contributed by atoms with Crippen LogP contribution in [0.4, 0.5) is 0 Å². The quantitative estimate of drug-likeness (QED) is 0.643. The monoisotopic (exact) mass is 338 g/mol. The Morgan fingerprint density at radius 3 is 2.54 bits per heavy atom. The first-order valence-corrected chi connectivity index (χ1v) is 8.26. The van der Waals surface area contributed by atoms with Crippen LogP contribution in [0.3, 0.4) is 0 Å². The molecule has 0 bridgehead atoms. The van der Waals surface area contributed by atoms with Crippen molar-refractivity contribution in [3.63, 3.8) is 0 Å². The molecule has 4 heteroatoms. The number of hydrogen-bond acceptors (Lipinski definition) is 2. The van der Waals surface area contributed by atoms with E-state index in [0.717, 1.165) is 27.6 Å². The Hall–Kier alpha value is -2.39. The Morgan fingerprint density at radius 1 is 1.08 bits per heavy atom. The van der Waals surface area contributed by atoms with Gasteiger partial charge in [0.05, 0.1) is 5.52 Å². The standard InChI is InChI=1S/C20H19ClN2O/c1-14-7-6-10-17-11-18(20(21)22-19(14)17)13-23(15(2)24)12-16-8-4-3-5-9-16/h3-11H,12-13H2,1-2H3. The summed E-state index contributed by atoms with van der Waals surface area (Å²) in [6.07, 6.45) is 0. The summed E-state index contributed by atoms with van der Waals surface area (Å²) in [6, 6.07) is 18.0. The van der Waals surface area contributed by atoms with Crippen molar-refractivity contribution in [2.45, 2.75) is 26.9 Å². The summed E-state index contributed by atoms with van der Waals surface area (Å²) in [6.45, 7) is 4.59. The number of rotatable bonds is 4. The number of fused-ring (bicyclic) bond motifs is 1. The number of hydrogen-bond donors (Lipinski definition) is 0. The van der Waals surface area contributed by atoms with E-state index in [1.54, 1.807) is 11.8 Å². The van der Waals surface area contributed by atoms with Gasteiger partial charge in [-0.15, -0.1) is 0 Å². The zero-order valence-corrected chi connectivity index (χ0v) is 14.5. The Labute approximate surface area is 146 Å². The van der Waals surface area contributed by atoms with Gasteiger partial charge in [-0.1, -0.05) is 60.1 Å². The number of amides is 1. The molecule has 0 saturated carbocycles. The second-order valence-corrected chi connectivity index (χ2v) is 6.30. The molecule has 0 fully saturated rings. The highest BCUT2D eigenvalue weighted by molar-refractivity contribution is 6.30. The minimum absolute atomic E-state index is 0.0132. The molecule has 2 aromatic carbocycles. The first kappa shape index (κ1) is 16.5. The smallest absolute Gasteiger partial charge is 0.220 e. The molecule has 0 spiro atoms. The fourth-order valence-corrected chi connectivity index (χ4v) is 2.97. The normalized spacial score (nSPS) is 10.8. The molecule has 0 radical (unpaired) electrons. The molecule has 24 heavy (non-hydrogen) atoms. The van der Waals surface area contributed by atoms with E-state index < -0.39 is 0 Å². The van der Waals surface area contributed by atoms with Gasteiger partial charge in [-0.3, -0.25) is 4.79 Å². The first-order chi connectivity index (χ1) is 11.5. The van der Waals surface area contributed by atoms with Gasteiger partial charge in [-0.2, -0.15) is 0 Å². The van der Waals surface area contributed by atoms with Crippen LogP contribution in [0.15, 0.2) is 54.6 Å². The van der Waals surface area contributed by atoms with Crippen LogP contribution in [0.1, 0.15) is 23.6 Å². The summed E-state index contributed by atoms with van der Waals surface area (Å²) in [5.74, 6) is 0.0132. The molecule has 1 heterocycles. The highest BCUT2D eigenvalue weighted by Gasteiger charge is 2.14. The van der Waals surface area contributed by atoms with Crippen molar-refractivity contribution in [2.75, 3.05) is 0 Å². The van der Waals surface area contributed by atoms with E-state index in [9.17, 15) is 4.79 Å². The molecular formula is C20H19ClN2O. The molecule has 3 nitrogen and oxygen atoms in total. The highest BCUT2D eigenvalue weighted by atomic mass is 35.5. The van der Waals surface area contributed by atoms with Crippen LogP contribution in [-0.2, 0) is 17.9 Å². The third-order valence-electron chi connectivity index (χ3n) is 4.10. The molecule has 3 rings (SSSR count). The number of carbonyl (C=O) groups is 1. The Morgan fingerprint density at radius 2 is 1.83 bits per heavy atom. The molecular weight excluding hydrogens is 320 g/mol. The maximum Gasteiger partial charge on any atom is 0.220 e. The van der Waals surface area contributed by atoms with Gasteiger partial charge < -0.3 is 4.90 Å². The van der Waals surface area contributed by atoms with Gasteiger partial charge in [0, 0.05) is 31.0 Å². The maximum atomic E-state index is 12.0. The predicted molar refractivity (Wildman–Crippen MR) is 97.9 cm³/mol. The fraction of sp³-hybridized carbons (Fsp3) is 0.200. The van der Waals surface area contributed by atoms with Gasteiger partial charge in [-0.05, 0) is 24.1 Å². The number of carbonyl (C=O) groups excluding carboxylic acids is 1. The number of benzene rings is 2. The van der Waals surface area contributed by atoms with Gasteiger partial charge >= 0.3 is 0 Å². The summed E-state index contributed by atoms with van der Waals surface area (Å²) in [4.78, 5) is 18.3. The molecule has 0 aliphatic heterocycles. The van der Waals surface area contributed by atoms with Crippen LogP contribution < -0.4 is 0 Å². The zero-order valence-electron chi connectivity index (χ0n) is 13.8. The van der Waals surface area contributed by atoms with Crippen LogP contribution in [0.2, 0.25) is 5.15 Å². The van der Waals surface area contributed by atoms with Crippen molar-refractivity contribution in [3.05, 3.63) is 76.4 Å². The van der Waals surface area contributed by atoms with E-state index in [1.807, 2.05) is 61.5 Å². The SMILES string of the molecule is CC(=O)N(Cc1ccccc1)Cc1cc2cccc(C)c2nc1Cl. The number of para-hydroxylation sites is 1. The van der Waals surface area contributed by atoms with Gasteiger partial charge in [0.15, 0.2) is 0 Å². The minimum Gasteiger partial charge on any atom is -0.334 e. The van der Waals surface area contributed by atoms with Crippen molar-refractivity contribution >= 4 is 28.4 Å². The van der Waals surface area contributed by atoms with Crippen molar-refractivity contribution in [2.24, 2.45) is 0 Å². The van der Waals surface area contributed by atoms with Crippen LogP contribution in [0, 0.1) is 6.92 Å². The summed E-state index contributed by atoms with van der Waals surface area (Å²) in [5.41, 5.74) is 3.95. The van der Waals surface area contributed by atoms with E-state index in [2.05, 4.69) is 4.98 Å². The predicted octanol–water partition coefficient (Wildman–Crippen LogP) is 4.75. The van der Waals surface area contributed by atoms with Crippen LogP contribution in [0.25, 0.3) is 10.9 Å². The molecule has 122 valence electrons. The molecule has 1 aromatic heterocycles. The maximum absolute atomic E-state index is 12.0. The molecule has 0 aliphatic carbocycles. The summed E-state index contributed by atoms with van der Waals surface area (Å²) < 4.78 is 0. The van der Waals surface area contributed by atoms with Gasteiger partial charge in [0.2, 0.25) is 5.91 Å². The lowest BCUT2D eigenvalue weighted by molar-refractivity contribution is -0.130. The van der Waals surface area contributed by atoms with E-state index in [-0.39, 0.29) is 5.91 Å². The average molecular weight is 339 g/mol. The molecule has 3 aromatic rings. The summed E-state index contributed by atoms with van der Waals surface area (Å²) >= 11 is 6.38. The fourth-order valence-electron chi connectivity index (χ4n) is 2.77. The van der Waals surface area contributed by atoms with Crippen molar-refractivity contribution in [3.8, 4) is 0 Å². The third kappa shape index (κ3) is 3.57. The molecule has 0 N–H and O–H groups in total. The topological polar surface area (TPSA) is 33.2 Å². The number of pyridine rings is 1. The molecule has 0 unspecified atom stereocenters. The minimum atomic E-state index is 0.0132. The van der Waals surface area contributed by atoms with Crippen LogP contribution in [-0.4, -0.2) is 15.8 Å². The van der Waals surface area contributed by atoms with Gasteiger partial charge in [-0.25, -0.2) is 4.98 Å². The Bertz CT molecular complexity index is 877. The van der Waals surface area contributed by atoms with E-state index in [4.69, 9.17) is 11.6 Å². The lowest BCUT2D eigenvalue weighted by atomic mass is 10.1. The Kier molecular flexibility index (Phi) is 4.81. The van der Waals surface area contributed by atoms with E-state index in [1.165, 1.54) is 0 Å². The van der Waals surface area contributed by atoms with Gasteiger partial charge in [0.25, 0.3) is 0 Å². The van der Waals surface area contributed by atoms with E-state index >= 15 is 0 Å². The van der Waals surface area contributed by atoms with Crippen molar-refractivity contribution in [1.29, 1.82) is 0 Å². The second kappa shape index (κ2) is 7.02. The molecule has 0 atom stereocenters. The molecule has 0 aliphatic rings. The highest BCUT2D eigenvalue weighted by Crippen LogP contribution is 2.24. The lowest BCUT2D eigenvalue weighted by Crippen LogP contribution is -2.27. The summed E-state index contributed by atoms with van der Waals surface area (Å²) in [7, 11) is 0. The van der Waals surface area contributed by atoms with E-state index in [0.29, 0.717) is 18.2 Å². The zero-order chi connectivity index (χ0) is 17.1. The average Bonchev–Trinajstić information content (AvgIpc) is 2.56. The van der Waals surface area contributed by atoms with Crippen molar-refractivity contribution < 1.29 is 4.79 Å². The number of aromatic nitrogens is 1. The second-order valence-electron chi connectivity index (χ2n) is 5.95. The third-order valence-corrected chi connectivity index (χ3v) is 4.42.